The first-order chi connectivity index (χ1) is 14.0. The van der Waals surface area contributed by atoms with E-state index in [1.807, 2.05) is 0 Å². The fourth-order valence-corrected chi connectivity index (χ4v) is 4.09. The molecule has 1 fully saturated rings. The van der Waals surface area contributed by atoms with Gasteiger partial charge < -0.3 is 5.32 Å². The van der Waals surface area contributed by atoms with Crippen molar-refractivity contribution in [3.05, 3.63) is 70.0 Å². The Bertz CT molecular complexity index is 988. The summed E-state index contributed by atoms with van der Waals surface area (Å²) in [5.41, 5.74) is 0.442. The molecule has 2 aromatic rings. The zero-order valence-electron chi connectivity index (χ0n) is 15.7. The van der Waals surface area contributed by atoms with Crippen molar-refractivity contribution in [1.29, 1.82) is 0 Å². The van der Waals surface area contributed by atoms with Crippen LogP contribution >= 0.6 is 0 Å². The maximum Gasteiger partial charge on any atom is 0.416 e. The average Bonchev–Trinajstić information content (AvgIpc) is 3.02. The maximum atomic E-state index is 14.7. The van der Waals surface area contributed by atoms with Crippen LogP contribution in [0, 0.1) is 5.82 Å². The van der Waals surface area contributed by atoms with Crippen molar-refractivity contribution in [2.45, 2.75) is 37.5 Å². The van der Waals surface area contributed by atoms with Gasteiger partial charge in [0.1, 0.15) is 5.82 Å². The van der Waals surface area contributed by atoms with E-state index in [0.717, 1.165) is 12.1 Å². The van der Waals surface area contributed by atoms with Gasteiger partial charge in [-0.05, 0) is 41.0 Å². The molecular formula is C21H18F6N2O. The molecule has 30 heavy (non-hydrogen) atoms. The van der Waals surface area contributed by atoms with Crippen LogP contribution in [0.5, 0.6) is 0 Å². The van der Waals surface area contributed by atoms with Crippen molar-refractivity contribution >= 4 is 5.91 Å². The molecule has 2 heterocycles. The molecule has 0 saturated carbocycles. The lowest BCUT2D eigenvalue weighted by Crippen LogP contribution is -2.45. The molecule has 0 radical (unpaired) electrons. The number of fused-ring (bicyclic) bond motifs is 1. The largest absolute Gasteiger partial charge is 0.416 e. The number of benzene rings is 2. The van der Waals surface area contributed by atoms with E-state index in [4.69, 9.17) is 0 Å². The van der Waals surface area contributed by atoms with Crippen LogP contribution in [-0.4, -0.2) is 29.8 Å². The van der Waals surface area contributed by atoms with Gasteiger partial charge in [0.15, 0.2) is 0 Å². The first-order valence-electron chi connectivity index (χ1n) is 9.41. The monoisotopic (exact) mass is 428 g/mol. The highest BCUT2D eigenvalue weighted by Crippen LogP contribution is 2.41. The fourth-order valence-electron chi connectivity index (χ4n) is 4.09. The Morgan fingerprint density at radius 1 is 1.13 bits per heavy atom. The number of carbonyl (C=O) groups is 1. The number of carbonyl (C=O) groups excluding carboxylic acids is 1. The third-order valence-electron chi connectivity index (χ3n) is 5.62. The molecule has 2 aliphatic heterocycles. The van der Waals surface area contributed by atoms with Crippen molar-refractivity contribution in [2.75, 3.05) is 13.1 Å². The zero-order valence-corrected chi connectivity index (χ0v) is 15.7. The second-order valence-electron chi connectivity index (χ2n) is 7.74. The van der Waals surface area contributed by atoms with Crippen molar-refractivity contribution < 1.29 is 31.1 Å². The van der Waals surface area contributed by atoms with Crippen LogP contribution < -0.4 is 5.32 Å². The fraction of sp³-hybridized carbons (Fsp3) is 0.381. The Hall–Kier alpha value is -2.55. The van der Waals surface area contributed by atoms with Crippen molar-refractivity contribution in [3.8, 4) is 0 Å². The first-order valence-corrected chi connectivity index (χ1v) is 9.41. The van der Waals surface area contributed by atoms with Gasteiger partial charge in [-0.2, -0.15) is 13.2 Å². The van der Waals surface area contributed by atoms with E-state index >= 15 is 0 Å². The number of nitrogens with zero attached hydrogens (tertiary/aromatic N) is 1. The average molecular weight is 428 g/mol. The molecule has 0 aromatic heterocycles. The third-order valence-corrected chi connectivity index (χ3v) is 5.62. The molecule has 160 valence electrons. The molecule has 1 N–H and O–H groups in total. The molecule has 2 aliphatic rings. The smallest absolute Gasteiger partial charge is 0.348 e. The van der Waals surface area contributed by atoms with Crippen LogP contribution in [0.3, 0.4) is 0 Å². The highest BCUT2D eigenvalue weighted by Gasteiger charge is 2.45. The van der Waals surface area contributed by atoms with Gasteiger partial charge in [0.2, 0.25) is 0 Å². The Morgan fingerprint density at radius 2 is 1.90 bits per heavy atom. The summed E-state index contributed by atoms with van der Waals surface area (Å²) in [4.78, 5) is 13.3. The minimum atomic E-state index is -4.69. The van der Waals surface area contributed by atoms with Crippen LogP contribution in [-0.2, 0) is 19.3 Å². The van der Waals surface area contributed by atoms with Crippen LogP contribution in [0.25, 0.3) is 0 Å². The number of hydrogen-bond acceptors (Lipinski definition) is 2. The summed E-state index contributed by atoms with van der Waals surface area (Å²) in [6.07, 6.45) is -5.16. The molecule has 1 saturated heterocycles. The second-order valence-corrected chi connectivity index (χ2v) is 7.74. The molecule has 0 aliphatic carbocycles. The summed E-state index contributed by atoms with van der Waals surface area (Å²) in [6.45, 7) is 0.0866. The molecule has 9 heteroatoms. The van der Waals surface area contributed by atoms with Crippen LogP contribution in [0.4, 0.5) is 26.3 Å². The van der Waals surface area contributed by atoms with E-state index in [1.165, 1.54) is 12.1 Å². The van der Waals surface area contributed by atoms with Gasteiger partial charge in [0.05, 0.1) is 11.5 Å². The van der Waals surface area contributed by atoms with E-state index < -0.39 is 35.8 Å². The summed E-state index contributed by atoms with van der Waals surface area (Å²) in [7, 11) is 0. The van der Waals surface area contributed by atoms with Crippen molar-refractivity contribution in [2.24, 2.45) is 0 Å². The van der Waals surface area contributed by atoms with E-state index in [1.54, 1.807) is 11.0 Å². The highest BCUT2D eigenvalue weighted by molar-refractivity contribution is 5.98. The van der Waals surface area contributed by atoms with Gasteiger partial charge >= 0.3 is 6.18 Å². The van der Waals surface area contributed by atoms with E-state index in [0.29, 0.717) is 22.8 Å². The standard InChI is InChI=1S/C21H18F6N2O/c22-16-6-12(5-15(8-16)21(25,26)27)10-29-4-3-20(23,24)18(11-29)13-1-2-17-14(7-13)9-28-19(17)30/h1-2,5-8,18H,3-4,9-11H2,(H,28,30)/t18-/m0/s1. The number of piperidine rings is 1. The minimum absolute atomic E-state index is 0.0215. The number of halogens is 6. The number of rotatable bonds is 3. The summed E-state index contributed by atoms with van der Waals surface area (Å²) in [5.74, 6) is -5.45. The van der Waals surface area contributed by atoms with E-state index in [-0.39, 0.29) is 37.6 Å². The number of nitrogens with one attached hydrogen (secondary N) is 1. The molecule has 0 unspecified atom stereocenters. The van der Waals surface area contributed by atoms with Crippen LogP contribution in [0.2, 0.25) is 0 Å². The zero-order chi connectivity index (χ0) is 21.7. The van der Waals surface area contributed by atoms with Crippen LogP contribution in [0.1, 0.15) is 45.0 Å². The van der Waals surface area contributed by atoms with Crippen molar-refractivity contribution in [1.82, 2.24) is 10.2 Å². The van der Waals surface area contributed by atoms with Gasteiger partial charge in [-0.3, -0.25) is 9.69 Å². The predicted molar refractivity (Wildman–Crippen MR) is 96.6 cm³/mol. The Balaban J connectivity index is 1.57. The Labute approximate surface area is 168 Å². The van der Waals surface area contributed by atoms with Gasteiger partial charge in [0.25, 0.3) is 11.8 Å². The summed E-state index contributed by atoms with van der Waals surface area (Å²) in [5, 5.41) is 2.64. The molecule has 0 spiro atoms. The maximum absolute atomic E-state index is 14.7. The molecule has 2 aromatic carbocycles. The summed E-state index contributed by atoms with van der Waals surface area (Å²) in [6, 6.07) is 6.84. The lowest BCUT2D eigenvalue weighted by Gasteiger charge is -2.39. The second kappa shape index (κ2) is 7.30. The normalized spacial score (nSPS) is 21.4. The first kappa shape index (κ1) is 20.7. The molecule has 1 amide bonds. The SMILES string of the molecule is O=C1NCc2cc([C@@H]3CN(Cc4cc(F)cc(C(F)(F)F)c4)CCC3(F)F)ccc21. The topological polar surface area (TPSA) is 32.3 Å². The summed E-state index contributed by atoms with van der Waals surface area (Å²) < 4.78 is 81.8. The highest BCUT2D eigenvalue weighted by atomic mass is 19.4. The molecule has 4 rings (SSSR count). The molecular weight excluding hydrogens is 410 g/mol. The Kier molecular flexibility index (Phi) is 5.04. The predicted octanol–water partition coefficient (Wildman–Crippen LogP) is 4.71. The number of hydrogen-bond donors (Lipinski definition) is 1. The molecule has 0 bridgehead atoms. The van der Waals surface area contributed by atoms with E-state index in [2.05, 4.69) is 5.32 Å². The van der Waals surface area contributed by atoms with E-state index in [9.17, 15) is 31.1 Å². The minimum Gasteiger partial charge on any atom is -0.348 e. The van der Waals surface area contributed by atoms with Crippen LogP contribution in [0.15, 0.2) is 36.4 Å². The van der Waals surface area contributed by atoms with Gasteiger partial charge in [-0.1, -0.05) is 12.1 Å². The molecule has 1 atom stereocenters. The van der Waals surface area contributed by atoms with Crippen molar-refractivity contribution in [3.63, 3.8) is 0 Å². The van der Waals surface area contributed by atoms with Gasteiger partial charge in [-0.25, -0.2) is 13.2 Å². The lowest BCUT2D eigenvalue weighted by molar-refractivity contribution is -0.137. The summed E-state index contributed by atoms with van der Waals surface area (Å²) >= 11 is 0. The number of alkyl halides is 5. The van der Waals surface area contributed by atoms with Gasteiger partial charge in [0, 0.05) is 38.2 Å². The lowest BCUT2D eigenvalue weighted by atomic mass is 9.85. The quantitative estimate of drug-likeness (QED) is 0.718. The van der Waals surface area contributed by atoms with Gasteiger partial charge in [-0.15, -0.1) is 0 Å². The third kappa shape index (κ3) is 4.03. The number of likely N-dealkylation sites (tertiary alicyclic amines) is 1. The number of amides is 1. The molecule has 3 nitrogen and oxygen atoms in total. The Morgan fingerprint density at radius 3 is 2.63 bits per heavy atom.